The predicted octanol–water partition coefficient (Wildman–Crippen LogP) is 7.03. The lowest BCUT2D eigenvalue weighted by atomic mass is 9.43. The van der Waals surface area contributed by atoms with E-state index in [0.29, 0.717) is 41.4 Å². The molecule has 4 fully saturated rings. The molecule has 11 atom stereocenters. The molecule has 4 aliphatic carbocycles. The summed E-state index contributed by atoms with van der Waals surface area (Å²) in [5, 5.41) is 11.7. The Kier molecular flexibility index (Phi) is 7.14. The van der Waals surface area contributed by atoms with E-state index in [1.54, 1.807) is 0 Å². The van der Waals surface area contributed by atoms with E-state index < -0.39 is 0 Å². The number of hydrogen-bond acceptors (Lipinski definition) is 3. The number of rotatable bonds is 5. The van der Waals surface area contributed by atoms with Gasteiger partial charge in [-0.2, -0.15) is 0 Å². The topological polar surface area (TPSA) is 46.5 Å². The standard InChI is InChI=1S/C30H50O3/c1-18(2)19(3)8-9-20(4)25-12-13-26-24-11-10-22-16-23(33-21(5)31)14-15-29(22,6)28(24)27(32)17-30(25,26)7/h8-9,18-20,22-28,32H,10-17H2,1-7H3/b9-8+/t19-,20+,22-,23-,24-,25+,26-,27-,28+,29-,30+/m0/s1. The summed E-state index contributed by atoms with van der Waals surface area (Å²) in [5.41, 5.74) is 0.445. The number of aliphatic hydroxyl groups excluding tert-OH is 1. The van der Waals surface area contributed by atoms with Crippen LogP contribution in [0.3, 0.4) is 0 Å². The van der Waals surface area contributed by atoms with Gasteiger partial charge in [0.15, 0.2) is 0 Å². The van der Waals surface area contributed by atoms with Crippen LogP contribution in [0, 0.1) is 58.2 Å². The Morgan fingerprint density at radius 3 is 2.39 bits per heavy atom. The average molecular weight is 459 g/mol. The van der Waals surface area contributed by atoms with Gasteiger partial charge in [0, 0.05) is 6.92 Å². The number of fused-ring (bicyclic) bond motifs is 5. The molecule has 0 radical (unpaired) electrons. The largest absolute Gasteiger partial charge is 0.463 e. The normalized spacial score (nSPS) is 47.0. The van der Waals surface area contributed by atoms with Gasteiger partial charge in [-0.25, -0.2) is 0 Å². The molecule has 0 heterocycles. The Hall–Kier alpha value is -0.830. The third-order valence-corrected chi connectivity index (χ3v) is 11.4. The average Bonchev–Trinajstić information content (AvgIpc) is 3.07. The number of allylic oxidation sites excluding steroid dienone is 2. The molecule has 0 amide bonds. The summed E-state index contributed by atoms with van der Waals surface area (Å²) in [6.45, 7) is 15.9. The van der Waals surface area contributed by atoms with Crippen molar-refractivity contribution in [3.8, 4) is 0 Å². The fourth-order valence-electron chi connectivity index (χ4n) is 9.29. The van der Waals surface area contributed by atoms with Crippen LogP contribution in [0.2, 0.25) is 0 Å². The van der Waals surface area contributed by atoms with Crippen molar-refractivity contribution < 1.29 is 14.6 Å². The van der Waals surface area contributed by atoms with E-state index in [1.165, 1.54) is 32.6 Å². The fourth-order valence-corrected chi connectivity index (χ4v) is 9.29. The number of esters is 1. The van der Waals surface area contributed by atoms with Crippen LogP contribution in [0.25, 0.3) is 0 Å². The van der Waals surface area contributed by atoms with Crippen LogP contribution in [0.5, 0.6) is 0 Å². The Morgan fingerprint density at radius 1 is 1.00 bits per heavy atom. The molecule has 0 aliphatic heterocycles. The van der Waals surface area contributed by atoms with Gasteiger partial charge in [0.25, 0.3) is 0 Å². The summed E-state index contributed by atoms with van der Waals surface area (Å²) in [7, 11) is 0. The minimum absolute atomic E-state index is 0.0832. The van der Waals surface area contributed by atoms with Crippen molar-refractivity contribution in [3.63, 3.8) is 0 Å². The number of aliphatic hydroxyl groups is 1. The molecule has 0 saturated heterocycles. The summed E-state index contributed by atoms with van der Waals surface area (Å²) in [4.78, 5) is 11.5. The first-order valence-corrected chi connectivity index (χ1v) is 14.0. The van der Waals surface area contributed by atoms with Crippen LogP contribution >= 0.6 is 0 Å². The summed E-state index contributed by atoms with van der Waals surface area (Å²) < 4.78 is 5.62. The number of carbonyl (C=O) groups excluding carboxylic acids is 1. The van der Waals surface area contributed by atoms with Crippen molar-refractivity contribution in [2.24, 2.45) is 58.2 Å². The second-order valence-corrected chi connectivity index (χ2v) is 13.4. The summed E-state index contributed by atoms with van der Waals surface area (Å²) in [5.74, 6) is 4.81. The highest BCUT2D eigenvalue weighted by molar-refractivity contribution is 5.66. The predicted molar refractivity (Wildman–Crippen MR) is 134 cm³/mol. The molecule has 4 rings (SSSR count). The van der Waals surface area contributed by atoms with Gasteiger partial charge in [0.2, 0.25) is 0 Å². The van der Waals surface area contributed by atoms with E-state index in [4.69, 9.17) is 4.74 Å². The van der Waals surface area contributed by atoms with E-state index >= 15 is 0 Å². The molecular weight excluding hydrogens is 408 g/mol. The fraction of sp³-hybridized carbons (Fsp3) is 0.900. The van der Waals surface area contributed by atoms with Crippen LogP contribution in [0.4, 0.5) is 0 Å². The van der Waals surface area contributed by atoms with E-state index in [0.717, 1.165) is 31.6 Å². The van der Waals surface area contributed by atoms with Gasteiger partial charge in [0.05, 0.1) is 6.10 Å². The molecule has 188 valence electrons. The molecule has 0 aromatic heterocycles. The molecule has 33 heavy (non-hydrogen) atoms. The Balaban J connectivity index is 1.51. The van der Waals surface area contributed by atoms with Crippen molar-refractivity contribution in [2.45, 2.75) is 112 Å². The molecule has 3 heteroatoms. The van der Waals surface area contributed by atoms with E-state index in [-0.39, 0.29) is 29.0 Å². The van der Waals surface area contributed by atoms with Gasteiger partial charge in [-0.05, 0) is 110 Å². The maximum absolute atomic E-state index is 11.7. The van der Waals surface area contributed by atoms with Crippen molar-refractivity contribution in [1.82, 2.24) is 0 Å². The molecule has 3 nitrogen and oxygen atoms in total. The number of carbonyl (C=O) groups is 1. The highest BCUT2D eigenvalue weighted by Crippen LogP contribution is 2.68. The van der Waals surface area contributed by atoms with Gasteiger partial charge >= 0.3 is 5.97 Å². The lowest BCUT2D eigenvalue weighted by molar-refractivity contribution is -0.185. The zero-order valence-corrected chi connectivity index (χ0v) is 22.3. The number of ether oxygens (including phenoxy) is 1. The molecule has 4 aliphatic rings. The quantitative estimate of drug-likeness (QED) is 0.355. The molecule has 0 aromatic rings. The van der Waals surface area contributed by atoms with Crippen LogP contribution in [-0.4, -0.2) is 23.3 Å². The summed E-state index contributed by atoms with van der Waals surface area (Å²) >= 11 is 0. The Bertz CT molecular complexity index is 743. The van der Waals surface area contributed by atoms with Crippen LogP contribution < -0.4 is 0 Å². The molecule has 0 spiro atoms. The monoisotopic (exact) mass is 458 g/mol. The molecule has 0 unspecified atom stereocenters. The highest BCUT2D eigenvalue weighted by Gasteiger charge is 2.63. The third-order valence-electron chi connectivity index (χ3n) is 11.4. The lowest BCUT2D eigenvalue weighted by Gasteiger charge is -2.62. The van der Waals surface area contributed by atoms with Crippen molar-refractivity contribution in [1.29, 1.82) is 0 Å². The second-order valence-electron chi connectivity index (χ2n) is 13.4. The first-order valence-electron chi connectivity index (χ1n) is 14.0. The zero-order chi connectivity index (χ0) is 24.1. The first kappa shape index (κ1) is 25.3. The third kappa shape index (κ3) is 4.45. The summed E-state index contributed by atoms with van der Waals surface area (Å²) in [6.07, 6.45) is 14.0. The van der Waals surface area contributed by atoms with E-state index in [9.17, 15) is 9.90 Å². The maximum Gasteiger partial charge on any atom is 0.302 e. The van der Waals surface area contributed by atoms with Crippen LogP contribution in [0.15, 0.2) is 12.2 Å². The first-order chi connectivity index (χ1) is 15.5. The van der Waals surface area contributed by atoms with E-state index in [2.05, 4.69) is 53.7 Å². The van der Waals surface area contributed by atoms with Crippen molar-refractivity contribution in [2.75, 3.05) is 0 Å². The molecule has 0 bridgehead atoms. The van der Waals surface area contributed by atoms with Crippen molar-refractivity contribution in [3.05, 3.63) is 12.2 Å². The number of hydrogen-bond donors (Lipinski definition) is 1. The van der Waals surface area contributed by atoms with Gasteiger partial charge in [-0.15, -0.1) is 0 Å². The molecular formula is C30H50O3. The minimum atomic E-state index is -0.194. The van der Waals surface area contributed by atoms with Crippen LogP contribution in [-0.2, 0) is 9.53 Å². The molecule has 1 N–H and O–H groups in total. The van der Waals surface area contributed by atoms with Gasteiger partial charge in [-0.3, -0.25) is 4.79 Å². The molecule has 4 saturated carbocycles. The minimum Gasteiger partial charge on any atom is -0.463 e. The van der Waals surface area contributed by atoms with Crippen molar-refractivity contribution >= 4 is 5.97 Å². The van der Waals surface area contributed by atoms with Gasteiger partial charge in [-0.1, -0.05) is 53.7 Å². The highest BCUT2D eigenvalue weighted by atomic mass is 16.5. The Morgan fingerprint density at radius 2 is 1.73 bits per heavy atom. The zero-order valence-electron chi connectivity index (χ0n) is 22.3. The molecule has 0 aromatic carbocycles. The SMILES string of the molecule is CC(=O)O[C@H]1CC[C@@]2(C)[C@@H](CC[C@@H]3[C@@H]2[C@@H](O)C[C@]2(C)[C@@H]([C@H](C)/C=C/[C@H](C)C(C)C)CC[C@@H]32)C1. The van der Waals surface area contributed by atoms with Crippen LogP contribution in [0.1, 0.15) is 99.8 Å². The van der Waals surface area contributed by atoms with E-state index in [1.807, 2.05) is 0 Å². The lowest BCUT2D eigenvalue weighted by Crippen LogP contribution is -2.59. The van der Waals surface area contributed by atoms with Gasteiger partial charge < -0.3 is 9.84 Å². The van der Waals surface area contributed by atoms with Gasteiger partial charge in [0.1, 0.15) is 6.10 Å². The Labute approximate surface area is 203 Å². The smallest absolute Gasteiger partial charge is 0.302 e. The second kappa shape index (κ2) is 9.32. The summed E-state index contributed by atoms with van der Waals surface area (Å²) in [6, 6.07) is 0. The maximum atomic E-state index is 11.7.